The Morgan fingerprint density at radius 3 is 2.80 bits per heavy atom. The van der Waals surface area contributed by atoms with Crippen LogP contribution < -0.4 is 10.1 Å². The molecule has 0 aliphatic rings. The highest BCUT2D eigenvalue weighted by Gasteiger charge is 2.15. The number of imidazole rings is 1. The number of benzene rings is 1. The number of nitrogens with one attached hydrogen (secondary N) is 1. The lowest BCUT2D eigenvalue weighted by Gasteiger charge is -2.19. The lowest BCUT2D eigenvalue weighted by atomic mass is 10.0. The van der Waals surface area contributed by atoms with E-state index in [1.54, 1.807) is 7.11 Å². The number of hydrogen-bond donors (Lipinski definition) is 1. The third kappa shape index (κ3) is 3.41. The highest BCUT2D eigenvalue weighted by Crippen LogP contribution is 2.29. The zero-order valence-corrected chi connectivity index (χ0v) is 13.6. The largest absolute Gasteiger partial charge is 0.496 e. The van der Waals surface area contributed by atoms with Gasteiger partial charge in [0.05, 0.1) is 11.6 Å². The Morgan fingerprint density at radius 2 is 2.25 bits per heavy atom. The van der Waals surface area contributed by atoms with Crippen molar-refractivity contribution in [3.05, 3.63) is 46.5 Å². The van der Waals surface area contributed by atoms with Crippen molar-refractivity contribution >= 4 is 15.9 Å². The van der Waals surface area contributed by atoms with Gasteiger partial charge in [-0.3, -0.25) is 0 Å². The molecule has 1 unspecified atom stereocenters. The SMILES string of the molecule is CCNC(Cc1nccn1C)c1ccc(OC)c(Br)c1. The minimum atomic E-state index is 0.239. The second kappa shape index (κ2) is 6.90. The second-order valence-electron chi connectivity index (χ2n) is 4.66. The van der Waals surface area contributed by atoms with Gasteiger partial charge in [-0.1, -0.05) is 13.0 Å². The average Bonchev–Trinajstić information content (AvgIpc) is 2.84. The molecule has 0 fully saturated rings. The second-order valence-corrected chi connectivity index (χ2v) is 5.52. The van der Waals surface area contributed by atoms with Crippen LogP contribution in [0.25, 0.3) is 0 Å². The molecule has 1 atom stereocenters. The Bertz CT molecular complexity index is 568. The van der Waals surface area contributed by atoms with Crippen molar-refractivity contribution in [2.24, 2.45) is 7.05 Å². The van der Waals surface area contributed by atoms with Crippen molar-refractivity contribution in [3.63, 3.8) is 0 Å². The molecular weight excluding hydrogens is 318 g/mol. The molecule has 0 aliphatic carbocycles. The number of rotatable bonds is 6. The zero-order valence-electron chi connectivity index (χ0n) is 12.1. The summed E-state index contributed by atoms with van der Waals surface area (Å²) < 4.78 is 8.31. The van der Waals surface area contributed by atoms with Gasteiger partial charge in [-0.2, -0.15) is 0 Å². The van der Waals surface area contributed by atoms with Crippen LogP contribution in [0.4, 0.5) is 0 Å². The van der Waals surface area contributed by atoms with Crippen molar-refractivity contribution in [1.82, 2.24) is 14.9 Å². The predicted octanol–water partition coefficient (Wildman–Crippen LogP) is 3.08. The number of ether oxygens (including phenoxy) is 1. The van der Waals surface area contributed by atoms with Crippen molar-refractivity contribution in [1.29, 1.82) is 0 Å². The normalized spacial score (nSPS) is 12.4. The first kappa shape index (κ1) is 15.1. The molecule has 108 valence electrons. The van der Waals surface area contributed by atoms with Crippen LogP contribution in [0.15, 0.2) is 35.1 Å². The molecule has 20 heavy (non-hydrogen) atoms. The van der Waals surface area contributed by atoms with E-state index in [1.807, 2.05) is 25.5 Å². The summed E-state index contributed by atoms with van der Waals surface area (Å²) in [6.45, 7) is 3.03. The molecule has 0 saturated heterocycles. The maximum absolute atomic E-state index is 5.28. The summed E-state index contributed by atoms with van der Waals surface area (Å²) in [6, 6.07) is 6.43. The van der Waals surface area contributed by atoms with E-state index in [9.17, 15) is 0 Å². The Labute approximate surface area is 128 Å². The summed E-state index contributed by atoms with van der Waals surface area (Å²) in [5, 5.41) is 3.51. The fourth-order valence-electron chi connectivity index (χ4n) is 2.23. The quantitative estimate of drug-likeness (QED) is 0.880. The van der Waals surface area contributed by atoms with Crippen molar-refractivity contribution in [2.75, 3.05) is 13.7 Å². The number of hydrogen-bond acceptors (Lipinski definition) is 3. The van der Waals surface area contributed by atoms with Crippen LogP contribution in [0.1, 0.15) is 24.4 Å². The first-order valence-electron chi connectivity index (χ1n) is 6.68. The van der Waals surface area contributed by atoms with Gasteiger partial charge in [-0.25, -0.2) is 4.98 Å². The van der Waals surface area contributed by atoms with Crippen molar-refractivity contribution in [2.45, 2.75) is 19.4 Å². The molecule has 1 aromatic heterocycles. The minimum absolute atomic E-state index is 0.239. The third-order valence-electron chi connectivity index (χ3n) is 3.34. The van der Waals surface area contributed by atoms with Gasteiger partial charge < -0.3 is 14.6 Å². The Balaban J connectivity index is 2.24. The Morgan fingerprint density at radius 1 is 1.45 bits per heavy atom. The van der Waals surface area contributed by atoms with Crippen LogP contribution >= 0.6 is 15.9 Å². The van der Waals surface area contributed by atoms with Gasteiger partial charge in [0.15, 0.2) is 0 Å². The highest BCUT2D eigenvalue weighted by molar-refractivity contribution is 9.10. The van der Waals surface area contributed by atoms with Gasteiger partial charge in [0.25, 0.3) is 0 Å². The summed E-state index contributed by atoms with van der Waals surface area (Å²) in [5.41, 5.74) is 1.22. The Kier molecular flexibility index (Phi) is 5.20. The highest BCUT2D eigenvalue weighted by atomic mass is 79.9. The number of halogens is 1. The van der Waals surface area contributed by atoms with Gasteiger partial charge in [0.2, 0.25) is 0 Å². The summed E-state index contributed by atoms with van der Waals surface area (Å²) >= 11 is 3.55. The van der Waals surface area contributed by atoms with E-state index in [-0.39, 0.29) is 6.04 Å². The third-order valence-corrected chi connectivity index (χ3v) is 3.96. The minimum Gasteiger partial charge on any atom is -0.496 e. The number of aromatic nitrogens is 2. The number of aryl methyl sites for hydroxylation is 1. The molecule has 0 amide bonds. The fraction of sp³-hybridized carbons (Fsp3) is 0.400. The molecule has 0 spiro atoms. The molecule has 0 radical (unpaired) electrons. The van der Waals surface area contributed by atoms with E-state index in [0.29, 0.717) is 0 Å². The van der Waals surface area contributed by atoms with Crippen molar-refractivity contribution < 1.29 is 4.74 Å². The summed E-state index contributed by atoms with van der Waals surface area (Å²) in [4.78, 5) is 4.41. The first-order chi connectivity index (χ1) is 9.65. The van der Waals surface area contributed by atoms with E-state index in [4.69, 9.17) is 4.74 Å². The van der Waals surface area contributed by atoms with Gasteiger partial charge >= 0.3 is 0 Å². The Hall–Kier alpha value is -1.33. The van der Waals surface area contributed by atoms with Crippen LogP contribution in [-0.4, -0.2) is 23.2 Å². The van der Waals surface area contributed by atoms with Gasteiger partial charge in [-0.05, 0) is 40.2 Å². The molecule has 1 N–H and O–H groups in total. The number of likely N-dealkylation sites (N-methyl/N-ethyl adjacent to an activating group) is 1. The predicted molar refractivity (Wildman–Crippen MR) is 84.0 cm³/mol. The zero-order chi connectivity index (χ0) is 14.5. The van der Waals surface area contributed by atoms with E-state index in [2.05, 4.69) is 49.9 Å². The van der Waals surface area contributed by atoms with Gasteiger partial charge in [0, 0.05) is 31.9 Å². The van der Waals surface area contributed by atoms with E-state index < -0.39 is 0 Å². The van der Waals surface area contributed by atoms with E-state index in [0.717, 1.165) is 29.0 Å². The van der Waals surface area contributed by atoms with Gasteiger partial charge in [-0.15, -0.1) is 0 Å². The lowest BCUT2D eigenvalue weighted by Crippen LogP contribution is -2.24. The molecule has 0 bridgehead atoms. The van der Waals surface area contributed by atoms with Crippen LogP contribution in [0.3, 0.4) is 0 Å². The van der Waals surface area contributed by atoms with E-state index >= 15 is 0 Å². The van der Waals surface area contributed by atoms with Crippen LogP contribution in [0, 0.1) is 0 Å². The lowest BCUT2D eigenvalue weighted by molar-refractivity contribution is 0.411. The van der Waals surface area contributed by atoms with Crippen LogP contribution in [0.5, 0.6) is 5.75 Å². The first-order valence-corrected chi connectivity index (χ1v) is 7.48. The molecule has 0 saturated carbocycles. The summed E-state index contributed by atoms with van der Waals surface area (Å²) in [6.07, 6.45) is 4.67. The number of nitrogens with zero attached hydrogens (tertiary/aromatic N) is 2. The van der Waals surface area contributed by atoms with Gasteiger partial charge in [0.1, 0.15) is 11.6 Å². The molecular formula is C15H20BrN3O. The molecule has 2 rings (SSSR count). The molecule has 0 aliphatic heterocycles. The monoisotopic (exact) mass is 337 g/mol. The molecule has 1 aromatic carbocycles. The molecule has 5 heteroatoms. The van der Waals surface area contributed by atoms with Crippen LogP contribution in [0.2, 0.25) is 0 Å². The van der Waals surface area contributed by atoms with E-state index in [1.165, 1.54) is 5.56 Å². The number of methoxy groups -OCH3 is 1. The standard InChI is InChI=1S/C15H20BrN3O/c1-4-17-13(10-15-18-7-8-19(15)2)11-5-6-14(20-3)12(16)9-11/h5-9,13,17H,4,10H2,1-3H3. The maximum atomic E-state index is 5.28. The maximum Gasteiger partial charge on any atom is 0.133 e. The topological polar surface area (TPSA) is 39.1 Å². The smallest absolute Gasteiger partial charge is 0.133 e. The fourth-order valence-corrected chi connectivity index (χ4v) is 2.79. The average molecular weight is 338 g/mol. The van der Waals surface area contributed by atoms with Crippen molar-refractivity contribution in [3.8, 4) is 5.75 Å². The van der Waals surface area contributed by atoms with Crippen LogP contribution in [-0.2, 0) is 13.5 Å². The molecule has 2 aromatic rings. The molecule has 4 nitrogen and oxygen atoms in total. The molecule has 1 heterocycles. The summed E-state index contributed by atoms with van der Waals surface area (Å²) in [7, 11) is 3.70. The summed E-state index contributed by atoms with van der Waals surface area (Å²) in [5.74, 6) is 1.92.